The summed E-state index contributed by atoms with van der Waals surface area (Å²) in [4.78, 5) is 12.4. The Morgan fingerprint density at radius 3 is 1.81 bits per heavy atom. The Labute approximate surface area is 264 Å². The Hall–Kier alpha value is -3.41. The minimum absolute atomic E-state index is 0.410. The molecule has 43 heavy (non-hydrogen) atoms. The Kier molecular flexibility index (Phi) is 10.0. The predicted octanol–water partition coefficient (Wildman–Crippen LogP) is 8.91. The minimum atomic E-state index is 0.410. The summed E-state index contributed by atoms with van der Waals surface area (Å²) in [6, 6.07) is 27.7. The van der Waals surface area contributed by atoms with Crippen LogP contribution in [0.3, 0.4) is 0 Å². The van der Waals surface area contributed by atoms with Crippen LogP contribution in [0.15, 0.2) is 106 Å². The summed E-state index contributed by atoms with van der Waals surface area (Å²) in [7, 11) is 4.35. The molecule has 0 fully saturated rings. The maximum absolute atomic E-state index is 2.55. The fourth-order valence-electron chi connectivity index (χ4n) is 6.11. The van der Waals surface area contributed by atoms with Gasteiger partial charge >= 0.3 is 0 Å². The molecule has 1 aliphatic carbocycles. The van der Waals surface area contributed by atoms with Gasteiger partial charge in [0.2, 0.25) is 0 Å². The van der Waals surface area contributed by atoms with E-state index in [9.17, 15) is 0 Å². The van der Waals surface area contributed by atoms with Crippen molar-refractivity contribution in [3.63, 3.8) is 0 Å². The monoisotopic (exact) mass is 592 g/mol. The maximum Gasteiger partial charge on any atom is 0.0553 e. The average Bonchev–Trinajstić information content (AvgIpc) is 3.03. The summed E-state index contributed by atoms with van der Waals surface area (Å²) in [5.74, 6) is 0. The first-order valence-corrected chi connectivity index (χ1v) is 16.8. The van der Waals surface area contributed by atoms with Crippen LogP contribution >= 0.6 is 11.8 Å². The summed E-state index contributed by atoms with van der Waals surface area (Å²) >= 11 is 1.91. The number of para-hydroxylation sites is 1. The second-order valence-electron chi connectivity index (χ2n) is 11.6. The van der Waals surface area contributed by atoms with Crippen molar-refractivity contribution in [3.8, 4) is 0 Å². The van der Waals surface area contributed by atoms with Crippen molar-refractivity contribution in [2.75, 3.05) is 61.5 Å². The third-order valence-corrected chi connectivity index (χ3v) is 10.1. The number of hydrogen-bond donors (Lipinski definition) is 0. The topological polar surface area (TPSA) is 13.0 Å². The van der Waals surface area contributed by atoms with Crippen molar-refractivity contribution >= 4 is 34.4 Å². The maximum atomic E-state index is 2.55. The highest BCUT2D eigenvalue weighted by Gasteiger charge is 2.30. The lowest BCUT2D eigenvalue weighted by Gasteiger charge is -2.39. The summed E-state index contributed by atoms with van der Waals surface area (Å²) in [5.41, 5.74) is 10.4. The summed E-state index contributed by atoms with van der Waals surface area (Å²) in [5, 5.41) is 0. The molecular formula is C38H48N4S. The Balaban J connectivity index is 1.65. The van der Waals surface area contributed by atoms with Crippen molar-refractivity contribution in [3.05, 3.63) is 112 Å². The zero-order chi connectivity index (χ0) is 30.5. The number of allylic oxidation sites excluding steroid dienone is 3. The quantitative estimate of drug-likeness (QED) is 0.220. The van der Waals surface area contributed by atoms with E-state index in [1.54, 1.807) is 0 Å². The largest absolute Gasteiger partial charge is 0.372 e. The van der Waals surface area contributed by atoms with E-state index in [0.717, 1.165) is 39.1 Å². The Morgan fingerprint density at radius 2 is 1.30 bits per heavy atom. The van der Waals surface area contributed by atoms with E-state index in [2.05, 4.69) is 153 Å². The van der Waals surface area contributed by atoms with E-state index in [-0.39, 0.29) is 0 Å². The molecule has 1 atom stereocenters. The van der Waals surface area contributed by atoms with Gasteiger partial charge in [-0.2, -0.15) is 0 Å². The molecular weight excluding hydrogens is 545 g/mol. The van der Waals surface area contributed by atoms with Crippen LogP contribution in [0.5, 0.6) is 0 Å². The van der Waals surface area contributed by atoms with E-state index in [0.29, 0.717) is 6.04 Å². The number of likely N-dealkylation sites (N-methyl/N-ethyl adjacent to an activating group) is 1. The SMILES string of the molecule is CCN(CC)c1ccc(C(=C2C=C3C(=CC2)Sc2ccccc2N3CC(C)N(C)C)c2ccc(N(CC)CC)cc2)cc1. The fraction of sp³-hybridized carbons (Fsp3) is 0.368. The molecule has 226 valence electrons. The minimum Gasteiger partial charge on any atom is -0.372 e. The molecule has 1 unspecified atom stereocenters. The molecule has 4 nitrogen and oxygen atoms in total. The molecule has 0 saturated heterocycles. The summed E-state index contributed by atoms with van der Waals surface area (Å²) < 4.78 is 0. The van der Waals surface area contributed by atoms with E-state index in [4.69, 9.17) is 0 Å². The highest BCUT2D eigenvalue weighted by Crippen LogP contribution is 2.49. The molecule has 2 aliphatic rings. The lowest BCUT2D eigenvalue weighted by Crippen LogP contribution is -2.39. The fourth-order valence-corrected chi connectivity index (χ4v) is 7.22. The van der Waals surface area contributed by atoms with Gasteiger partial charge in [0.25, 0.3) is 0 Å². The highest BCUT2D eigenvalue weighted by molar-refractivity contribution is 8.03. The molecule has 0 saturated carbocycles. The van der Waals surface area contributed by atoms with Crippen molar-refractivity contribution in [1.82, 2.24) is 4.90 Å². The molecule has 3 aromatic rings. The second-order valence-corrected chi connectivity index (χ2v) is 12.7. The molecule has 0 radical (unpaired) electrons. The van der Waals surface area contributed by atoms with Gasteiger partial charge in [-0.25, -0.2) is 0 Å². The van der Waals surface area contributed by atoms with Crippen LogP contribution in [0.2, 0.25) is 0 Å². The van der Waals surface area contributed by atoms with Crippen LogP contribution in [0, 0.1) is 0 Å². The Morgan fingerprint density at radius 1 is 0.767 bits per heavy atom. The van der Waals surface area contributed by atoms with Crippen LogP contribution in [0.25, 0.3) is 5.57 Å². The van der Waals surface area contributed by atoms with Crippen molar-refractivity contribution < 1.29 is 0 Å². The van der Waals surface area contributed by atoms with Gasteiger partial charge < -0.3 is 19.6 Å². The first kappa shape index (κ1) is 31.0. The number of benzene rings is 3. The molecule has 0 bridgehead atoms. The molecule has 3 aromatic carbocycles. The van der Waals surface area contributed by atoms with Crippen molar-refractivity contribution in [2.45, 2.75) is 52.0 Å². The van der Waals surface area contributed by atoms with Crippen LogP contribution in [0.4, 0.5) is 17.1 Å². The van der Waals surface area contributed by atoms with Crippen LogP contribution in [0.1, 0.15) is 52.2 Å². The van der Waals surface area contributed by atoms with Gasteiger partial charge in [0.15, 0.2) is 0 Å². The molecule has 0 N–H and O–H groups in total. The number of fused-ring (bicyclic) bond motifs is 2. The molecule has 5 rings (SSSR count). The van der Waals surface area contributed by atoms with Crippen molar-refractivity contribution in [2.24, 2.45) is 0 Å². The van der Waals surface area contributed by atoms with Gasteiger partial charge in [-0.3, -0.25) is 0 Å². The van der Waals surface area contributed by atoms with E-state index in [1.165, 1.54) is 54.8 Å². The molecule has 0 aromatic heterocycles. The third kappa shape index (κ3) is 6.58. The smallest absolute Gasteiger partial charge is 0.0553 e. The van der Waals surface area contributed by atoms with Crippen LogP contribution in [-0.4, -0.2) is 57.8 Å². The molecule has 0 amide bonds. The third-order valence-electron chi connectivity index (χ3n) is 8.96. The highest BCUT2D eigenvalue weighted by atomic mass is 32.2. The molecule has 1 heterocycles. The molecule has 0 spiro atoms. The van der Waals surface area contributed by atoms with Crippen LogP contribution < -0.4 is 14.7 Å². The number of rotatable bonds is 11. The number of anilines is 3. The zero-order valence-electron chi connectivity index (χ0n) is 27.1. The van der Waals surface area contributed by atoms with Gasteiger partial charge in [-0.05, 0) is 120 Å². The first-order valence-electron chi connectivity index (χ1n) is 15.9. The van der Waals surface area contributed by atoms with Gasteiger partial charge in [-0.1, -0.05) is 54.2 Å². The van der Waals surface area contributed by atoms with Crippen LogP contribution in [-0.2, 0) is 0 Å². The van der Waals surface area contributed by atoms with Crippen molar-refractivity contribution in [1.29, 1.82) is 0 Å². The predicted molar refractivity (Wildman–Crippen MR) is 190 cm³/mol. The van der Waals surface area contributed by atoms with E-state index < -0.39 is 0 Å². The summed E-state index contributed by atoms with van der Waals surface area (Å²) in [6.45, 7) is 16.2. The zero-order valence-corrected chi connectivity index (χ0v) is 27.9. The van der Waals surface area contributed by atoms with E-state index >= 15 is 0 Å². The normalized spacial score (nSPS) is 15.0. The average molecular weight is 593 g/mol. The molecule has 1 aliphatic heterocycles. The standard InChI is InChI=1S/C38H48N4S/c1-8-40(9-2)32-21-16-29(17-22-32)38(30-18-23-33(24-19-30)41(10-3)11-4)31-20-25-37-35(26-31)42(27-28(5)39(6)7)34-14-12-13-15-36(34)43-37/h12-19,21-26,28H,8-11,20,27H2,1-7H3. The van der Waals surface area contributed by atoms with Gasteiger partial charge in [0, 0.05) is 59.9 Å². The number of hydrogen-bond acceptors (Lipinski definition) is 5. The lowest BCUT2D eigenvalue weighted by atomic mass is 9.88. The van der Waals surface area contributed by atoms with Gasteiger partial charge in [0.1, 0.15) is 0 Å². The Bertz CT molecular complexity index is 1420. The van der Waals surface area contributed by atoms with Gasteiger partial charge in [-0.15, -0.1) is 0 Å². The number of nitrogens with zero attached hydrogens (tertiary/aromatic N) is 4. The van der Waals surface area contributed by atoms with Gasteiger partial charge in [0.05, 0.1) is 11.4 Å². The number of thioether (sulfide) groups is 1. The molecule has 5 heteroatoms. The summed E-state index contributed by atoms with van der Waals surface area (Å²) in [6.07, 6.45) is 5.84. The lowest BCUT2D eigenvalue weighted by molar-refractivity contribution is 0.318. The second kappa shape index (κ2) is 13.9. The van der Waals surface area contributed by atoms with E-state index in [1.807, 2.05) is 11.8 Å². The first-order chi connectivity index (χ1) is 20.9.